The van der Waals surface area contributed by atoms with Crippen LogP contribution in [0, 0.1) is 12.7 Å². The summed E-state index contributed by atoms with van der Waals surface area (Å²) >= 11 is 0. The van der Waals surface area contributed by atoms with Crippen LogP contribution in [0.15, 0.2) is 48.5 Å². The standard InChI is InChI=1S/C20H23FN6O/c1-3-22-13-16-7-5-9-18(11-16)23-20(28)19(27-14(2)24-25-26-27)12-15-6-4-8-17(21)10-15/h4-11,19,22H,3,12-13H2,1-2H3,(H,23,28). The first kappa shape index (κ1) is 19.6. The normalized spacial score (nSPS) is 12.0. The maximum Gasteiger partial charge on any atom is 0.249 e. The molecule has 1 aromatic heterocycles. The molecule has 0 aliphatic rings. The molecule has 146 valence electrons. The van der Waals surface area contributed by atoms with E-state index < -0.39 is 6.04 Å². The van der Waals surface area contributed by atoms with E-state index in [1.54, 1.807) is 19.1 Å². The van der Waals surface area contributed by atoms with Crippen LogP contribution < -0.4 is 10.6 Å². The molecule has 3 aromatic rings. The molecule has 1 unspecified atom stereocenters. The SMILES string of the molecule is CCNCc1cccc(NC(=O)C(Cc2cccc(F)c2)n2nnnc2C)c1. The lowest BCUT2D eigenvalue weighted by molar-refractivity contribution is -0.119. The van der Waals surface area contributed by atoms with Crippen molar-refractivity contribution in [3.63, 3.8) is 0 Å². The molecular weight excluding hydrogens is 359 g/mol. The summed E-state index contributed by atoms with van der Waals surface area (Å²) in [6.07, 6.45) is 0.270. The zero-order chi connectivity index (χ0) is 19.9. The lowest BCUT2D eigenvalue weighted by Gasteiger charge is -2.18. The number of nitrogens with zero attached hydrogens (tertiary/aromatic N) is 4. The van der Waals surface area contributed by atoms with E-state index in [0.717, 1.165) is 18.7 Å². The summed E-state index contributed by atoms with van der Waals surface area (Å²) < 4.78 is 15.0. The number of carbonyl (C=O) groups excluding carboxylic acids is 1. The van der Waals surface area contributed by atoms with Crippen molar-refractivity contribution < 1.29 is 9.18 Å². The summed E-state index contributed by atoms with van der Waals surface area (Å²) in [6.45, 7) is 5.35. The molecule has 2 N–H and O–H groups in total. The van der Waals surface area contributed by atoms with Crippen LogP contribution >= 0.6 is 0 Å². The molecule has 0 aliphatic carbocycles. The number of halogens is 1. The highest BCUT2D eigenvalue weighted by Gasteiger charge is 2.24. The van der Waals surface area contributed by atoms with Crippen molar-refractivity contribution in [3.05, 3.63) is 71.3 Å². The van der Waals surface area contributed by atoms with Gasteiger partial charge in [-0.05, 0) is 59.3 Å². The lowest BCUT2D eigenvalue weighted by Crippen LogP contribution is -2.29. The Hall–Kier alpha value is -3.13. The zero-order valence-electron chi connectivity index (χ0n) is 15.9. The summed E-state index contributed by atoms with van der Waals surface area (Å²) in [5.74, 6) is -0.0982. The number of aryl methyl sites for hydroxylation is 1. The maximum absolute atomic E-state index is 13.6. The van der Waals surface area contributed by atoms with Gasteiger partial charge >= 0.3 is 0 Å². The summed E-state index contributed by atoms with van der Waals surface area (Å²) in [6, 6.07) is 13.1. The molecule has 7 nitrogen and oxygen atoms in total. The zero-order valence-corrected chi connectivity index (χ0v) is 15.9. The molecule has 28 heavy (non-hydrogen) atoms. The minimum atomic E-state index is -0.700. The number of rotatable bonds is 8. The Morgan fingerprint density at radius 2 is 1.96 bits per heavy atom. The number of hydrogen-bond acceptors (Lipinski definition) is 5. The van der Waals surface area contributed by atoms with Gasteiger partial charge in [-0.3, -0.25) is 4.79 Å². The van der Waals surface area contributed by atoms with E-state index in [1.165, 1.54) is 16.8 Å². The molecule has 0 saturated carbocycles. The quantitative estimate of drug-likeness (QED) is 0.626. The Labute approximate surface area is 163 Å². The topological polar surface area (TPSA) is 84.7 Å². The van der Waals surface area contributed by atoms with Crippen molar-refractivity contribution in [2.45, 2.75) is 32.9 Å². The van der Waals surface area contributed by atoms with E-state index in [4.69, 9.17) is 0 Å². The molecule has 0 fully saturated rings. The number of anilines is 1. The smallest absolute Gasteiger partial charge is 0.249 e. The predicted molar refractivity (Wildman–Crippen MR) is 104 cm³/mol. The molecular formula is C20H23FN6O. The van der Waals surface area contributed by atoms with Crippen LogP contribution in [-0.4, -0.2) is 32.7 Å². The van der Waals surface area contributed by atoms with Crippen molar-refractivity contribution in [3.8, 4) is 0 Å². The third-order valence-electron chi connectivity index (χ3n) is 4.35. The molecule has 0 bridgehead atoms. The van der Waals surface area contributed by atoms with Crippen molar-refractivity contribution in [1.82, 2.24) is 25.5 Å². The Bertz CT molecular complexity index is 942. The number of aromatic nitrogens is 4. The Morgan fingerprint density at radius 1 is 1.18 bits per heavy atom. The summed E-state index contributed by atoms with van der Waals surface area (Å²) in [5, 5.41) is 17.6. The van der Waals surface area contributed by atoms with E-state index in [-0.39, 0.29) is 18.1 Å². The lowest BCUT2D eigenvalue weighted by atomic mass is 10.0. The molecule has 0 spiro atoms. The predicted octanol–water partition coefficient (Wildman–Crippen LogP) is 2.65. The Balaban J connectivity index is 1.82. The highest BCUT2D eigenvalue weighted by Crippen LogP contribution is 2.19. The van der Waals surface area contributed by atoms with Crippen LogP contribution in [0.1, 0.15) is 29.9 Å². The molecule has 3 rings (SSSR count). The minimum absolute atomic E-state index is 0.264. The number of amides is 1. The highest BCUT2D eigenvalue weighted by atomic mass is 19.1. The molecule has 1 heterocycles. The van der Waals surface area contributed by atoms with Crippen molar-refractivity contribution in [2.75, 3.05) is 11.9 Å². The highest BCUT2D eigenvalue weighted by molar-refractivity contribution is 5.94. The third-order valence-corrected chi connectivity index (χ3v) is 4.35. The summed E-state index contributed by atoms with van der Waals surface area (Å²) in [5.41, 5.74) is 2.45. The first-order valence-electron chi connectivity index (χ1n) is 9.16. The molecule has 1 atom stereocenters. The minimum Gasteiger partial charge on any atom is -0.324 e. The van der Waals surface area contributed by atoms with Crippen LogP contribution in [-0.2, 0) is 17.8 Å². The molecule has 2 aromatic carbocycles. The van der Waals surface area contributed by atoms with Crippen LogP contribution in [0.3, 0.4) is 0 Å². The fourth-order valence-corrected chi connectivity index (χ4v) is 2.96. The number of tetrazole rings is 1. The monoisotopic (exact) mass is 382 g/mol. The van der Waals surface area contributed by atoms with Crippen LogP contribution in [0.5, 0.6) is 0 Å². The van der Waals surface area contributed by atoms with Crippen molar-refractivity contribution in [1.29, 1.82) is 0 Å². The van der Waals surface area contributed by atoms with Crippen molar-refractivity contribution >= 4 is 11.6 Å². The molecule has 0 saturated heterocycles. The first-order valence-corrected chi connectivity index (χ1v) is 9.16. The average Bonchev–Trinajstić information content (AvgIpc) is 3.10. The van der Waals surface area contributed by atoms with Gasteiger partial charge in [0, 0.05) is 18.7 Å². The van der Waals surface area contributed by atoms with E-state index in [1.807, 2.05) is 31.2 Å². The van der Waals surface area contributed by atoms with Crippen molar-refractivity contribution in [2.24, 2.45) is 0 Å². The number of hydrogen-bond donors (Lipinski definition) is 2. The van der Waals surface area contributed by atoms with Crippen LogP contribution in [0.25, 0.3) is 0 Å². The first-order chi connectivity index (χ1) is 13.6. The van der Waals surface area contributed by atoms with Crippen LogP contribution in [0.4, 0.5) is 10.1 Å². The fraction of sp³-hybridized carbons (Fsp3) is 0.300. The van der Waals surface area contributed by atoms with Gasteiger partial charge in [0.15, 0.2) is 0 Å². The van der Waals surface area contributed by atoms with E-state index in [9.17, 15) is 9.18 Å². The van der Waals surface area contributed by atoms with Gasteiger partial charge in [0.05, 0.1) is 0 Å². The summed E-state index contributed by atoms with van der Waals surface area (Å²) in [7, 11) is 0. The number of benzene rings is 2. The van der Waals surface area contributed by atoms with Gasteiger partial charge < -0.3 is 10.6 Å². The molecule has 8 heteroatoms. The Morgan fingerprint density at radius 3 is 2.68 bits per heavy atom. The molecule has 1 amide bonds. The number of carbonyl (C=O) groups is 1. The second kappa shape index (κ2) is 9.18. The van der Waals surface area contributed by atoms with Crippen LogP contribution in [0.2, 0.25) is 0 Å². The van der Waals surface area contributed by atoms with Gasteiger partial charge in [0.2, 0.25) is 5.91 Å². The second-order valence-electron chi connectivity index (χ2n) is 6.49. The largest absolute Gasteiger partial charge is 0.324 e. The van der Waals surface area contributed by atoms with Gasteiger partial charge in [0.1, 0.15) is 17.7 Å². The van der Waals surface area contributed by atoms with Gasteiger partial charge in [-0.2, -0.15) is 0 Å². The van der Waals surface area contributed by atoms with E-state index >= 15 is 0 Å². The second-order valence-corrected chi connectivity index (χ2v) is 6.49. The van der Waals surface area contributed by atoms with Gasteiger partial charge in [-0.25, -0.2) is 9.07 Å². The van der Waals surface area contributed by atoms with Gasteiger partial charge in [-0.1, -0.05) is 31.2 Å². The third kappa shape index (κ3) is 4.98. The van der Waals surface area contributed by atoms with E-state index in [0.29, 0.717) is 17.1 Å². The molecule has 0 radical (unpaired) electrons. The van der Waals surface area contributed by atoms with E-state index in [2.05, 4.69) is 26.2 Å². The van der Waals surface area contributed by atoms with Gasteiger partial charge in [0.25, 0.3) is 0 Å². The number of nitrogens with one attached hydrogen (secondary N) is 2. The Kier molecular flexibility index (Phi) is 6.44. The van der Waals surface area contributed by atoms with Gasteiger partial charge in [-0.15, -0.1) is 5.10 Å². The molecule has 0 aliphatic heterocycles. The fourth-order valence-electron chi connectivity index (χ4n) is 2.96. The maximum atomic E-state index is 13.6. The summed E-state index contributed by atoms with van der Waals surface area (Å²) in [4.78, 5) is 13.0. The average molecular weight is 382 g/mol.